The van der Waals surface area contributed by atoms with Gasteiger partial charge >= 0.3 is 0 Å². The fraction of sp³-hybridized carbons (Fsp3) is 0.176. The summed E-state index contributed by atoms with van der Waals surface area (Å²) >= 11 is 7.02. The molecule has 0 aliphatic carbocycles. The summed E-state index contributed by atoms with van der Waals surface area (Å²) < 4.78 is 0. The normalized spacial score (nSPS) is 10.6. The van der Waals surface area contributed by atoms with Crippen LogP contribution in [-0.2, 0) is 0 Å². The molecule has 3 N–H and O–H groups in total. The van der Waals surface area contributed by atoms with Gasteiger partial charge in [0.05, 0.1) is 11.9 Å². The van der Waals surface area contributed by atoms with E-state index in [-0.39, 0.29) is 16.9 Å². The summed E-state index contributed by atoms with van der Waals surface area (Å²) in [6, 6.07) is 5.08. The highest BCUT2D eigenvalue weighted by Crippen LogP contribution is 2.29. The van der Waals surface area contributed by atoms with E-state index >= 15 is 0 Å². The van der Waals surface area contributed by atoms with Crippen molar-refractivity contribution < 1.29 is 9.90 Å². The van der Waals surface area contributed by atoms with Gasteiger partial charge in [-0.3, -0.25) is 4.79 Å². The van der Waals surface area contributed by atoms with Gasteiger partial charge in [-0.2, -0.15) is 0 Å². The number of halogens is 1. The zero-order valence-corrected chi connectivity index (χ0v) is 15.9. The predicted octanol–water partition coefficient (Wildman–Crippen LogP) is 4.21. The van der Waals surface area contributed by atoms with Crippen LogP contribution in [0.5, 0.6) is 5.75 Å². The molecule has 0 aliphatic heterocycles. The molecule has 134 valence electrons. The molecule has 0 radical (unpaired) electrons. The second kappa shape index (κ2) is 7.27. The molecule has 0 fully saturated rings. The maximum Gasteiger partial charge on any atom is 0.267 e. The summed E-state index contributed by atoms with van der Waals surface area (Å²) in [4.78, 5) is 25.2. The summed E-state index contributed by atoms with van der Waals surface area (Å²) in [6.45, 7) is 5.42. The lowest BCUT2D eigenvalue weighted by molar-refractivity contribution is 0.103. The van der Waals surface area contributed by atoms with Crippen molar-refractivity contribution in [3.05, 3.63) is 51.4 Å². The van der Waals surface area contributed by atoms with Crippen molar-refractivity contribution in [1.82, 2.24) is 15.0 Å². The van der Waals surface area contributed by atoms with Gasteiger partial charge in [-0.05, 0) is 44.0 Å². The van der Waals surface area contributed by atoms with E-state index < -0.39 is 0 Å². The molecule has 0 unspecified atom stereocenters. The van der Waals surface area contributed by atoms with Crippen molar-refractivity contribution in [3.8, 4) is 5.75 Å². The van der Waals surface area contributed by atoms with Crippen LogP contribution in [0.4, 0.5) is 16.6 Å². The van der Waals surface area contributed by atoms with Crippen LogP contribution in [0.3, 0.4) is 0 Å². The number of anilines is 3. The van der Waals surface area contributed by atoms with Gasteiger partial charge in [0, 0.05) is 17.3 Å². The third kappa shape index (κ3) is 3.92. The Balaban J connectivity index is 1.77. The molecule has 1 aromatic carbocycles. The Bertz CT molecular complexity index is 969. The van der Waals surface area contributed by atoms with Crippen molar-refractivity contribution in [2.75, 3.05) is 10.6 Å². The number of rotatable bonds is 4. The van der Waals surface area contributed by atoms with E-state index in [1.807, 2.05) is 6.92 Å². The predicted molar refractivity (Wildman–Crippen MR) is 103 cm³/mol. The van der Waals surface area contributed by atoms with E-state index in [0.717, 1.165) is 11.3 Å². The van der Waals surface area contributed by atoms with Gasteiger partial charge in [0.2, 0.25) is 5.28 Å². The lowest BCUT2D eigenvalue weighted by atomic mass is 10.1. The van der Waals surface area contributed by atoms with Gasteiger partial charge in [-0.25, -0.2) is 15.0 Å². The molecule has 0 saturated heterocycles. The first kappa shape index (κ1) is 18.1. The van der Waals surface area contributed by atoms with Crippen LogP contribution in [0.25, 0.3) is 0 Å². The first-order valence-corrected chi connectivity index (χ1v) is 8.87. The maximum atomic E-state index is 12.5. The van der Waals surface area contributed by atoms with Gasteiger partial charge in [-0.1, -0.05) is 17.4 Å². The van der Waals surface area contributed by atoms with E-state index in [2.05, 4.69) is 25.6 Å². The first-order chi connectivity index (χ1) is 12.3. The molecular formula is C17H16ClN5O2S. The Morgan fingerprint density at radius 2 is 2.00 bits per heavy atom. The molecule has 0 saturated carbocycles. The Morgan fingerprint density at radius 3 is 2.73 bits per heavy atom. The highest BCUT2D eigenvalue weighted by Gasteiger charge is 2.15. The van der Waals surface area contributed by atoms with E-state index in [1.165, 1.54) is 17.5 Å². The molecule has 0 spiro atoms. The number of hydrogen-bond donors (Lipinski definition) is 3. The lowest BCUT2D eigenvalue weighted by Crippen LogP contribution is -2.12. The molecule has 0 aliphatic rings. The van der Waals surface area contributed by atoms with Crippen LogP contribution in [0.2, 0.25) is 5.28 Å². The van der Waals surface area contributed by atoms with E-state index in [1.54, 1.807) is 32.0 Å². The third-order valence-corrected chi connectivity index (χ3v) is 4.76. The highest BCUT2D eigenvalue weighted by atomic mass is 35.5. The van der Waals surface area contributed by atoms with Gasteiger partial charge in [0.25, 0.3) is 5.91 Å². The maximum absolute atomic E-state index is 12.5. The average Bonchev–Trinajstić information content (AvgIpc) is 3.02. The standard InChI is InChI=1S/C17H16ClN5O2S/c1-8-4-5-11(24)10(3)14(8)23-15(25)12-7-19-17(26-12)22-13-6-9(2)20-16(18)21-13/h4-7,24H,1-3H3,(H,23,25)(H,19,20,21,22). The number of carbonyl (C=O) groups is 1. The van der Waals surface area contributed by atoms with Crippen LogP contribution in [-0.4, -0.2) is 26.0 Å². The second-order valence-corrected chi connectivity index (χ2v) is 7.04. The number of nitrogens with one attached hydrogen (secondary N) is 2. The zero-order valence-electron chi connectivity index (χ0n) is 14.3. The SMILES string of the molecule is Cc1cc(Nc2ncc(C(=O)Nc3c(C)ccc(O)c3C)s2)nc(Cl)n1. The average molecular weight is 390 g/mol. The first-order valence-electron chi connectivity index (χ1n) is 7.68. The lowest BCUT2D eigenvalue weighted by Gasteiger charge is -2.11. The minimum absolute atomic E-state index is 0.133. The van der Waals surface area contributed by atoms with Crippen molar-refractivity contribution in [3.63, 3.8) is 0 Å². The molecule has 9 heteroatoms. The molecule has 2 heterocycles. The summed E-state index contributed by atoms with van der Waals surface area (Å²) in [7, 11) is 0. The number of amides is 1. The number of phenolic OH excluding ortho intramolecular Hbond substituents is 1. The minimum atomic E-state index is -0.302. The quantitative estimate of drug-likeness (QED) is 0.578. The molecule has 7 nitrogen and oxygen atoms in total. The molecule has 0 bridgehead atoms. The van der Waals surface area contributed by atoms with Gasteiger partial charge in [0.15, 0.2) is 5.13 Å². The van der Waals surface area contributed by atoms with Crippen LogP contribution < -0.4 is 10.6 Å². The Hall–Kier alpha value is -2.71. The number of carbonyl (C=O) groups excluding carboxylic acids is 1. The minimum Gasteiger partial charge on any atom is -0.508 e. The summed E-state index contributed by atoms with van der Waals surface area (Å²) in [5.41, 5.74) is 2.79. The number of phenols is 1. The Labute approximate surface area is 159 Å². The number of benzene rings is 1. The van der Waals surface area contributed by atoms with Gasteiger partial charge in [0.1, 0.15) is 16.4 Å². The molecule has 1 amide bonds. The van der Waals surface area contributed by atoms with E-state index in [0.29, 0.717) is 27.1 Å². The Morgan fingerprint density at radius 1 is 1.23 bits per heavy atom. The molecular weight excluding hydrogens is 374 g/mol. The van der Waals surface area contributed by atoms with Crippen LogP contribution in [0.1, 0.15) is 26.5 Å². The fourth-order valence-electron chi connectivity index (χ4n) is 2.35. The molecule has 2 aromatic heterocycles. The van der Waals surface area contributed by atoms with Crippen molar-refractivity contribution in [2.45, 2.75) is 20.8 Å². The number of nitrogens with zero attached hydrogens (tertiary/aromatic N) is 3. The second-order valence-electron chi connectivity index (χ2n) is 5.67. The smallest absolute Gasteiger partial charge is 0.267 e. The summed E-state index contributed by atoms with van der Waals surface area (Å²) in [5.74, 6) is 0.335. The summed E-state index contributed by atoms with van der Waals surface area (Å²) in [5, 5.41) is 16.3. The topological polar surface area (TPSA) is 100 Å². The van der Waals surface area contributed by atoms with E-state index in [4.69, 9.17) is 11.6 Å². The largest absolute Gasteiger partial charge is 0.508 e. The molecule has 3 rings (SSSR count). The van der Waals surface area contributed by atoms with Gasteiger partial charge < -0.3 is 15.7 Å². The summed E-state index contributed by atoms with van der Waals surface area (Å²) in [6.07, 6.45) is 1.48. The Kier molecular flexibility index (Phi) is 5.06. The number of aryl methyl sites for hydroxylation is 2. The fourth-order valence-corrected chi connectivity index (χ4v) is 3.29. The number of hydrogen-bond acceptors (Lipinski definition) is 7. The van der Waals surface area contributed by atoms with E-state index in [9.17, 15) is 9.90 Å². The van der Waals surface area contributed by atoms with Crippen molar-refractivity contribution in [1.29, 1.82) is 0 Å². The van der Waals surface area contributed by atoms with Crippen molar-refractivity contribution in [2.24, 2.45) is 0 Å². The molecule has 26 heavy (non-hydrogen) atoms. The number of aromatic hydroxyl groups is 1. The number of thiazole rings is 1. The van der Waals surface area contributed by atoms with Gasteiger partial charge in [-0.15, -0.1) is 0 Å². The van der Waals surface area contributed by atoms with Crippen LogP contribution in [0, 0.1) is 20.8 Å². The number of aromatic nitrogens is 3. The highest BCUT2D eigenvalue weighted by molar-refractivity contribution is 7.17. The molecule has 3 aromatic rings. The van der Waals surface area contributed by atoms with Crippen molar-refractivity contribution >= 4 is 45.5 Å². The third-order valence-electron chi connectivity index (χ3n) is 3.67. The van der Waals surface area contributed by atoms with Crippen LogP contribution >= 0.6 is 22.9 Å². The monoisotopic (exact) mass is 389 g/mol. The zero-order chi connectivity index (χ0) is 18.8. The molecule has 0 atom stereocenters. The van der Waals surface area contributed by atoms with Crippen LogP contribution in [0.15, 0.2) is 24.4 Å².